The van der Waals surface area contributed by atoms with Crippen molar-refractivity contribution in [1.82, 2.24) is 0 Å². The van der Waals surface area contributed by atoms with E-state index in [2.05, 4.69) is 26.6 Å². The number of methoxy groups -OCH3 is 1. The van der Waals surface area contributed by atoms with E-state index in [1.54, 1.807) is 7.11 Å². The lowest BCUT2D eigenvalue weighted by Gasteiger charge is -2.52. The first-order valence-electron chi connectivity index (χ1n) is 7.52. The van der Waals surface area contributed by atoms with E-state index in [0.29, 0.717) is 5.78 Å². The fraction of sp³-hybridized carbons (Fsp3) is 0.933. The number of Topliss-reactive ketones (excluding diaryl/α,β-unsaturated/α-hetero) is 1. The van der Waals surface area contributed by atoms with Gasteiger partial charge in [0.15, 0.2) is 14.1 Å². The van der Waals surface area contributed by atoms with Crippen molar-refractivity contribution in [2.75, 3.05) is 7.11 Å². The maximum Gasteiger partial charge on any atom is 0.184 e. The van der Waals surface area contributed by atoms with Crippen molar-refractivity contribution >= 4 is 14.1 Å². The number of fused-ring (bicyclic) bond motifs is 1. The predicted molar refractivity (Wildman–Crippen MR) is 78.7 cm³/mol. The van der Waals surface area contributed by atoms with Gasteiger partial charge in [0.05, 0.1) is 6.10 Å². The van der Waals surface area contributed by atoms with Crippen molar-refractivity contribution in [2.45, 2.75) is 70.9 Å². The molecule has 2 fully saturated rings. The zero-order valence-electron chi connectivity index (χ0n) is 13.0. The van der Waals surface area contributed by atoms with Gasteiger partial charge >= 0.3 is 0 Å². The van der Waals surface area contributed by atoms with Crippen LogP contribution in [0.2, 0.25) is 19.6 Å². The second kappa shape index (κ2) is 5.30. The Bertz CT molecular complexity index is 350. The Hall–Kier alpha value is -0.193. The van der Waals surface area contributed by atoms with E-state index >= 15 is 0 Å². The summed E-state index contributed by atoms with van der Waals surface area (Å²) in [5, 5.41) is 0. The molecule has 4 atom stereocenters. The summed E-state index contributed by atoms with van der Waals surface area (Å²) in [7, 11) is 0.0532. The summed E-state index contributed by atoms with van der Waals surface area (Å²) in [6, 6.07) is 0. The van der Waals surface area contributed by atoms with Crippen LogP contribution in [0.4, 0.5) is 0 Å². The summed E-state index contributed by atoms with van der Waals surface area (Å²) in [5.41, 5.74) is 0.0324. The van der Waals surface area contributed by atoms with Crippen LogP contribution in [0.5, 0.6) is 0 Å². The van der Waals surface area contributed by atoms with Crippen LogP contribution in [0.3, 0.4) is 0 Å². The molecule has 2 aliphatic carbocycles. The Balaban J connectivity index is 2.27. The number of carbonyl (C=O) groups excluding carboxylic acids is 1. The van der Waals surface area contributed by atoms with E-state index in [1.165, 1.54) is 12.8 Å². The van der Waals surface area contributed by atoms with Gasteiger partial charge in [0.2, 0.25) is 0 Å². The van der Waals surface area contributed by atoms with E-state index in [9.17, 15) is 4.79 Å². The summed E-state index contributed by atoms with van der Waals surface area (Å²) in [4.78, 5) is 12.5. The molecule has 0 unspecified atom stereocenters. The van der Waals surface area contributed by atoms with E-state index in [4.69, 9.17) is 9.16 Å². The van der Waals surface area contributed by atoms with Crippen LogP contribution in [0.25, 0.3) is 0 Å². The number of hydrogen-bond acceptors (Lipinski definition) is 3. The highest BCUT2D eigenvalue weighted by Crippen LogP contribution is 2.50. The summed E-state index contributed by atoms with van der Waals surface area (Å²) in [6.07, 6.45) is 5.21. The highest BCUT2D eigenvalue weighted by molar-refractivity contribution is 6.69. The van der Waals surface area contributed by atoms with Crippen molar-refractivity contribution in [2.24, 2.45) is 11.3 Å². The quantitative estimate of drug-likeness (QED) is 0.745. The Kier molecular flexibility index (Phi) is 4.24. The first-order valence-corrected chi connectivity index (χ1v) is 10.9. The Morgan fingerprint density at radius 2 is 1.95 bits per heavy atom. The van der Waals surface area contributed by atoms with Gasteiger partial charge in [-0.2, -0.15) is 0 Å². The SMILES string of the molecule is CO[C@@H]1C[C@H](O[Si](C)(C)C)[C@@]2(C)CCCC[C@@H]2C1=O. The van der Waals surface area contributed by atoms with Crippen molar-refractivity contribution in [3.63, 3.8) is 0 Å². The van der Waals surface area contributed by atoms with Crippen LogP contribution in [0.1, 0.15) is 39.0 Å². The molecular formula is C15H28O3Si. The summed E-state index contributed by atoms with van der Waals surface area (Å²) in [6.45, 7) is 8.96. The fourth-order valence-electron chi connectivity index (χ4n) is 3.84. The second-order valence-electron chi connectivity index (χ2n) is 7.39. The summed E-state index contributed by atoms with van der Waals surface area (Å²) < 4.78 is 11.9. The average Bonchev–Trinajstić information content (AvgIpc) is 2.31. The molecule has 0 radical (unpaired) electrons. The number of hydrogen-bond donors (Lipinski definition) is 0. The van der Waals surface area contributed by atoms with Gasteiger partial charge in [-0.05, 0) is 32.5 Å². The van der Waals surface area contributed by atoms with Crippen LogP contribution in [0.15, 0.2) is 0 Å². The molecule has 0 bridgehead atoms. The number of rotatable bonds is 3. The molecule has 0 N–H and O–H groups in total. The third-order valence-corrected chi connectivity index (χ3v) is 5.85. The van der Waals surface area contributed by atoms with Crippen molar-refractivity contribution in [3.8, 4) is 0 Å². The zero-order chi connectivity index (χ0) is 14.3. The molecule has 19 heavy (non-hydrogen) atoms. The largest absolute Gasteiger partial charge is 0.414 e. The maximum atomic E-state index is 12.5. The Morgan fingerprint density at radius 3 is 2.53 bits per heavy atom. The lowest BCUT2D eigenvalue weighted by Crippen LogP contribution is -2.57. The van der Waals surface area contributed by atoms with Crippen molar-refractivity contribution in [1.29, 1.82) is 0 Å². The Morgan fingerprint density at radius 1 is 1.26 bits per heavy atom. The molecule has 0 aliphatic heterocycles. The van der Waals surface area contributed by atoms with Crippen LogP contribution < -0.4 is 0 Å². The normalized spacial score (nSPS) is 40.1. The lowest BCUT2D eigenvalue weighted by atomic mass is 9.58. The Labute approximate surface area is 118 Å². The predicted octanol–water partition coefficient (Wildman–Crippen LogP) is 3.39. The number of ether oxygens (including phenoxy) is 1. The minimum Gasteiger partial charge on any atom is -0.414 e. The van der Waals surface area contributed by atoms with Gasteiger partial charge in [0, 0.05) is 24.9 Å². The van der Waals surface area contributed by atoms with Gasteiger partial charge in [-0.25, -0.2) is 0 Å². The third kappa shape index (κ3) is 2.95. The third-order valence-electron chi connectivity index (χ3n) is 4.86. The highest BCUT2D eigenvalue weighted by Gasteiger charge is 2.53. The van der Waals surface area contributed by atoms with Crippen molar-refractivity contribution in [3.05, 3.63) is 0 Å². The fourth-order valence-corrected chi connectivity index (χ4v) is 5.06. The zero-order valence-corrected chi connectivity index (χ0v) is 14.0. The van der Waals surface area contributed by atoms with E-state index < -0.39 is 8.32 Å². The number of ketones is 1. The monoisotopic (exact) mass is 284 g/mol. The molecular weight excluding hydrogens is 256 g/mol. The first-order chi connectivity index (χ1) is 8.78. The van der Waals surface area contributed by atoms with Crippen molar-refractivity contribution < 1.29 is 14.0 Å². The molecule has 0 aromatic heterocycles. The van der Waals surface area contributed by atoms with E-state index in [1.807, 2.05) is 0 Å². The van der Waals surface area contributed by atoms with E-state index in [-0.39, 0.29) is 23.5 Å². The second-order valence-corrected chi connectivity index (χ2v) is 11.8. The molecule has 2 aliphatic rings. The van der Waals surface area contributed by atoms with Gasteiger partial charge in [-0.15, -0.1) is 0 Å². The molecule has 0 spiro atoms. The molecule has 0 saturated heterocycles. The summed E-state index contributed by atoms with van der Waals surface area (Å²) >= 11 is 0. The topological polar surface area (TPSA) is 35.5 Å². The summed E-state index contributed by atoms with van der Waals surface area (Å²) in [5.74, 6) is 0.460. The maximum absolute atomic E-state index is 12.5. The van der Waals surface area contributed by atoms with Gasteiger partial charge in [0.25, 0.3) is 0 Å². The van der Waals surface area contributed by atoms with Crippen LogP contribution in [-0.4, -0.2) is 33.4 Å². The smallest absolute Gasteiger partial charge is 0.184 e. The average molecular weight is 284 g/mol. The molecule has 0 aromatic rings. The number of carbonyl (C=O) groups is 1. The van der Waals surface area contributed by atoms with Crippen LogP contribution >= 0.6 is 0 Å². The molecule has 0 aromatic carbocycles. The minimum absolute atomic E-state index is 0.0324. The van der Waals surface area contributed by atoms with Crippen LogP contribution in [-0.2, 0) is 14.0 Å². The molecule has 4 heteroatoms. The van der Waals surface area contributed by atoms with Gasteiger partial charge in [0.1, 0.15) is 6.10 Å². The first kappa shape index (κ1) is 15.2. The standard InChI is InChI=1S/C15H28O3Si/c1-15-9-7-6-8-11(15)14(16)12(17-2)10-13(15)18-19(3,4)5/h11-13H,6-10H2,1-5H3/t11-,12-,13+,15+/m1/s1. The van der Waals surface area contributed by atoms with Crippen LogP contribution in [0, 0.1) is 11.3 Å². The molecule has 0 amide bonds. The van der Waals surface area contributed by atoms with Gasteiger partial charge in [-0.1, -0.05) is 19.8 Å². The molecule has 2 rings (SSSR count). The molecule has 3 nitrogen and oxygen atoms in total. The lowest BCUT2D eigenvalue weighted by molar-refractivity contribution is -0.158. The minimum atomic E-state index is -1.60. The molecule has 2 saturated carbocycles. The van der Waals surface area contributed by atoms with Gasteiger partial charge < -0.3 is 9.16 Å². The van der Waals surface area contributed by atoms with Gasteiger partial charge in [-0.3, -0.25) is 4.79 Å². The molecule has 0 heterocycles. The highest BCUT2D eigenvalue weighted by atomic mass is 28.4. The molecule has 110 valence electrons. The van der Waals surface area contributed by atoms with E-state index in [0.717, 1.165) is 19.3 Å².